The predicted molar refractivity (Wildman–Crippen MR) is 164 cm³/mol. The molecule has 42 heavy (non-hydrogen) atoms. The highest BCUT2D eigenvalue weighted by atomic mass is 32.2. The summed E-state index contributed by atoms with van der Waals surface area (Å²) in [5.41, 5.74) is 6.33. The van der Waals surface area contributed by atoms with E-state index in [0.717, 1.165) is 30.6 Å². The van der Waals surface area contributed by atoms with E-state index in [1.165, 1.54) is 11.0 Å². The Hall–Kier alpha value is -2.34. The third kappa shape index (κ3) is 11.1. The summed E-state index contributed by atoms with van der Waals surface area (Å²) >= 11 is 1.66. The van der Waals surface area contributed by atoms with Crippen molar-refractivity contribution in [1.82, 2.24) is 10.2 Å². The van der Waals surface area contributed by atoms with Crippen LogP contribution >= 0.6 is 11.8 Å². The quantitative estimate of drug-likeness (QED) is 0.184. The molecule has 0 bridgehead atoms. The molecular formula is C31H49N3O7S. The molecule has 3 rings (SSSR count). The van der Waals surface area contributed by atoms with Gasteiger partial charge in [-0.15, -0.1) is 0 Å². The molecule has 0 aromatic carbocycles. The number of hydrogen-bond acceptors (Lipinski definition) is 8. The average molecular weight is 608 g/mol. The Morgan fingerprint density at radius 1 is 1.21 bits per heavy atom. The molecule has 10 nitrogen and oxygen atoms in total. The van der Waals surface area contributed by atoms with Crippen LogP contribution in [0.25, 0.3) is 0 Å². The number of epoxide rings is 1. The summed E-state index contributed by atoms with van der Waals surface area (Å²) in [6.45, 7) is 9.22. The van der Waals surface area contributed by atoms with Crippen molar-refractivity contribution in [3.8, 4) is 0 Å². The number of amides is 3. The molecule has 0 aromatic rings. The minimum absolute atomic E-state index is 0.0450. The normalized spacial score (nSPS) is 32.2. The first-order valence-electron chi connectivity index (χ1n) is 14.9. The standard InChI is InChI=1S/C31H49N3O7S/c1-20(7-10-24-17-31(19-38-31)18-25(41-24)16-28(32)35)8-11-27-21(2)15-26(23(4)40-27)33-29(36)12-9-22(3)39-30(37)34(5)13-14-42-6/h7-10,12,21-27H,11,13-19H2,1-6H3,(H2,32,35)(H,33,36)/t21-,22-,23+,24+,25+,26+,27-,31+/m0/s1. The van der Waals surface area contributed by atoms with Crippen LogP contribution in [0.2, 0.25) is 0 Å². The SMILES string of the molecule is CSCCN(C)C(=O)O[C@@H](C)C=CC(=O)N[C@@H]1C[C@H](C)[C@H](CC=C(C)C=C[C@@H]2C[C@]3(CO3)C[C@@H](CC(N)=O)O2)O[C@@H]1C. The minimum atomic E-state index is -0.517. The average Bonchev–Trinajstić information content (AvgIpc) is 3.67. The van der Waals surface area contributed by atoms with E-state index < -0.39 is 12.2 Å². The lowest BCUT2D eigenvalue weighted by atomic mass is 9.88. The number of hydrogen-bond donors (Lipinski definition) is 2. The van der Waals surface area contributed by atoms with Gasteiger partial charge >= 0.3 is 6.09 Å². The summed E-state index contributed by atoms with van der Waals surface area (Å²) in [5, 5.41) is 3.04. The van der Waals surface area contributed by atoms with Gasteiger partial charge in [0.1, 0.15) is 6.10 Å². The summed E-state index contributed by atoms with van der Waals surface area (Å²) in [6, 6.07) is -0.109. The van der Waals surface area contributed by atoms with E-state index in [0.29, 0.717) is 19.6 Å². The van der Waals surface area contributed by atoms with Gasteiger partial charge in [-0.25, -0.2) is 4.79 Å². The topological polar surface area (TPSA) is 133 Å². The van der Waals surface area contributed by atoms with Crippen LogP contribution in [0.1, 0.15) is 59.8 Å². The van der Waals surface area contributed by atoms with Gasteiger partial charge in [-0.1, -0.05) is 30.7 Å². The van der Waals surface area contributed by atoms with Gasteiger partial charge in [-0.2, -0.15) is 11.8 Å². The van der Waals surface area contributed by atoms with Gasteiger partial charge in [0.15, 0.2) is 0 Å². The Kier molecular flexibility index (Phi) is 13.0. The molecule has 8 atom stereocenters. The molecule has 0 saturated carbocycles. The summed E-state index contributed by atoms with van der Waals surface area (Å²) in [6.07, 6.45) is 13.2. The van der Waals surface area contributed by atoms with E-state index >= 15 is 0 Å². The molecule has 0 aromatic heterocycles. The lowest BCUT2D eigenvalue weighted by Crippen LogP contribution is -2.50. The first-order chi connectivity index (χ1) is 19.9. The lowest BCUT2D eigenvalue weighted by Gasteiger charge is -2.39. The Balaban J connectivity index is 1.43. The molecule has 0 unspecified atom stereocenters. The molecule has 3 N–H and O–H groups in total. The summed E-state index contributed by atoms with van der Waals surface area (Å²) in [4.78, 5) is 37.6. The van der Waals surface area contributed by atoms with Gasteiger partial charge in [-0.05, 0) is 51.9 Å². The second-order valence-electron chi connectivity index (χ2n) is 12.0. The van der Waals surface area contributed by atoms with Gasteiger partial charge in [0.2, 0.25) is 11.8 Å². The number of nitrogens with two attached hydrogens (primary N) is 1. The molecule has 0 radical (unpaired) electrons. The molecule has 3 amide bonds. The zero-order chi connectivity index (χ0) is 30.9. The number of carbonyl (C=O) groups excluding carboxylic acids is 3. The summed E-state index contributed by atoms with van der Waals surface area (Å²) in [5.74, 6) is 0.494. The number of nitrogens with one attached hydrogen (secondary N) is 1. The summed E-state index contributed by atoms with van der Waals surface area (Å²) in [7, 11) is 1.70. The fraction of sp³-hybridized carbons (Fsp3) is 0.710. The van der Waals surface area contributed by atoms with Crippen molar-refractivity contribution in [3.63, 3.8) is 0 Å². The number of allylic oxidation sites excluding steroid dienone is 2. The number of ether oxygens (including phenoxy) is 4. The smallest absolute Gasteiger partial charge is 0.410 e. The maximum absolute atomic E-state index is 12.6. The number of thioether (sulfide) groups is 1. The van der Waals surface area contributed by atoms with Crippen LogP contribution in [-0.2, 0) is 28.5 Å². The predicted octanol–water partition coefficient (Wildman–Crippen LogP) is 3.75. The van der Waals surface area contributed by atoms with Gasteiger partial charge in [0.25, 0.3) is 0 Å². The van der Waals surface area contributed by atoms with Gasteiger partial charge < -0.3 is 34.9 Å². The van der Waals surface area contributed by atoms with Crippen LogP contribution in [0.3, 0.4) is 0 Å². The molecule has 0 aliphatic carbocycles. The second-order valence-corrected chi connectivity index (χ2v) is 12.9. The minimum Gasteiger partial charge on any atom is -0.442 e. The van der Waals surface area contributed by atoms with Crippen LogP contribution in [0, 0.1) is 5.92 Å². The van der Waals surface area contributed by atoms with E-state index in [-0.39, 0.29) is 60.2 Å². The Labute approximate surface area is 254 Å². The van der Waals surface area contributed by atoms with E-state index in [1.807, 2.05) is 19.3 Å². The zero-order valence-electron chi connectivity index (χ0n) is 25.9. The fourth-order valence-corrected chi connectivity index (χ4v) is 5.86. The van der Waals surface area contributed by atoms with E-state index in [2.05, 4.69) is 31.3 Å². The third-order valence-corrected chi connectivity index (χ3v) is 8.65. The van der Waals surface area contributed by atoms with Gasteiger partial charge in [0.05, 0.1) is 49.1 Å². The van der Waals surface area contributed by atoms with Crippen molar-refractivity contribution in [2.45, 2.75) is 102 Å². The van der Waals surface area contributed by atoms with Crippen LogP contribution in [-0.4, -0.2) is 97.2 Å². The van der Waals surface area contributed by atoms with E-state index in [9.17, 15) is 14.4 Å². The Morgan fingerprint density at radius 3 is 2.62 bits per heavy atom. The fourth-order valence-electron chi connectivity index (χ4n) is 5.41. The number of nitrogens with zero attached hydrogens (tertiary/aromatic N) is 1. The van der Waals surface area contributed by atoms with Crippen molar-refractivity contribution in [1.29, 1.82) is 0 Å². The maximum Gasteiger partial charge on any atom is 0.410 e. The largest absolute Gasteiger partial charge is 0.442 e. The van der Waals surface area contributed by atoms with Crippen LogP contribution in [0.5, 0.6) is 0 Å². The molecule has 3 heterocycles. The van der Waals surface area contributed by atoms with Crippen molar-refractivity contribution in [3.05, 3.63) is 36.0 Å². The lowest BCUT2D eigenvalue weighted by molar-refractivity contribution is -0.125. The third-order valence-electron chi connectivity index (χ3n) is 8.06. The van der Waals surface area contributed by atoms with Crippen molar-refractivity contribution < 1.29 is 33.3 Å². The van der Waals surface area contributed by atoms with Crippen LogP contribution in [0.4, 0.5) is 4.79 Å². The number of rotatable bonds is 13. The van der Waals surface area contributed by atoms with Crippen molar-refractivity contribution in [2.75, 3.05) is 32.2 Å². The molecule has 3 aliphatic rings. The molecule has 11 heteroatoms. The second kappa shape index (κ2) is 15.9. The highest BCUT2D eigenvalue weighted by Crippen LogP contribution is 2.43. The molecule has 1 spiro atoms. The number of primary amides is 1. The Morgan fingerprint density at radius 2 is 1.95 bits per heavy atom. The zero-order valence-corrected chi connectivity index (χ0v) is 26.7. The Bertz CT molecular complexity index is 1030. The first kappa shape index (κ1) is 34.2. The first-order valence-corrected chi connectivity index (χ1v) is 16.3. The number of carbonyl (C=O) groups is 3. The van der Waals surface area contributed by atoms with Crippen LogP contribution in [0.15, 0.2) is 36.0 Å². The van der Waals surface area contributed by atoms with Crippen molar-refractivity contribution >= 4 is 29.7 Å². The molecule has 236 valence electrons. The van der Waals surface area contributed by atoms with Crippen molar-refractivity contribution in [2.24, 2.45) is 11.7 Å². The molecule has 3 saturated heterocycles. The van der Waals surface area contributed by atoms with Gasteiger partial charge in [0, 0.05) is 38.3 Å². The molecule has 3 fully saturated rings. The van der Waals surface area contributed by atoms with Crippen LogP contribution < -0.4 is 11.1 Å². The van der Waals surface area contributed by atoms with E-state index in [1.54, 1.807) is 31.8 Å². The molecular weight excluding hydrogens is 558 g/mol. The highest BCUT2D eigenvalue weighted by molar-refractivity contribution is 7.98. The monoisotopic (exact) mass is 607 g/mol. The maximum atomic E-state index is 12.6. The highest BCUT2D eigenvalue weighted by Gasteiger charge is 2.51. The van der Waals surface area contributed by atoms with E-state index in [4.69, 9.17) is 24.7 Å². The van der Waals surface area contributed by atoms with Gasteiger partial charge in [-0.3, -0.25) is 9.59 Å². The summed E-state index contributed by atoms with van der Waals surface area (Å²) < 4.78 is 23.4. The molecule has 3 aliphatic heterocycles.